The summed E-state index contributed by atoms with van der Waals surface area (Å²) in [4.78, 5) is 11.2. The first-order valence-electron chi connectivity index (χ1n) is 4.37. The standard InChI is InChI=1S/C11H14O2/c1-7(2)9-5-4-6-10(13)11(9)8(3)12/h4-7,13H,1-3H3. The monoisotopic (exact) mass is 178 g/mol. The lowest BCUT2D eigenvalue weighted by molar-refractivity contribution is 0.101. The first-order valence-corrected chi connectivity index (χ1v) is 4.37. The van der Waals surface area contributed by atoms with E-state index in [1.807, 2.05) is 19.9 Å². The number of aromatic hydroxyl groups is 1. The number of carbonyl (C=O) groups is 1. The van der Waals surface area contributed by atoms with Gasteiger partial charge in [-0.3, -0.25) is 4.79 Å². The highest BCUT2D eigenvalue weighted by Gasteiger charge is 2.13. The predicted octanol–water partition coefficient (Wildman–Crippen LogP) is 2.72. The van der Waals surface area contributed by atoms with Crippen LogP contribution in [0.5, 0.6) is 5.75 Å². The molecule has 13 heavy (non-hydrogen) atoms. The Hall–Kier alpha value is -1.31. The molecule has 1 N–H and O–H groups in total. The van der Waals surface area contributed by atoms with Crippen LogP contribution in [0, 0.1) is 0 Å². The molecule has 2 heteroatoms. The molecule has 2 nitrogen and oxygen atoms in total. The van der Waals surface area contributed by atoms with Gasteiger partial charge in [0.25, 0.3) is 0 Å². The Morgan fingerprint density at radius 1 is 1.38 bits per heavy atom. The van der Waals surface area contributed by atoms with Crippen LogP contribution in [0.3, 0.4) is 0 Å². The summed E-state index contributed by atoms with van der Waals surface area (Å²) in [5.74, 6) is 0.256. The Kier molecular flexibility index (Phi) is 2.71. The van der Waals surface area contributed by atoms with Gasteiger partial charge in [-0.05, 0) is 24.5 Å². The summed E-state index contributed by atoms with van der Waals surface area (Å²) in [6.45, 7) is 5.48. The fourth-order valence-corrected chi connectivity index (χ4v) is 1.42. The summed E-state index contributed by atoms with van der Waals surface area (Å²) in [6.07, 6.45) is 0. The van der Waals surface area contributed by atoms with Crippen LogP contribution >= 0.6 is 0 Å². The summed E-state index contributed by atoms with van der Waals surface area (Å²) in [5, 5.41) is 9.49. The van der Waals surface area contributed by atoms with Gasteiger partial charge in [-0.2, -0.15) is 0 Å². The largest absolute Gasteiger partial charge is 0.507 e. The Morgan fingerprint density at radius 3 is 2.38 bits per heavy atom. The van der Waals surface area contributed by atoms with Gasteiger partial charge >= 0.3 is 0 Å². The molecule has 0 amide bonds. The highest BCUT2D eigenvalue weighted by Crippen LogP contribution is 2.26. The maximum absolute atomic E-state index is 11.2. The lowest BCUT2D eigenvalue weighted by Crippen LogP contribution is -2.01. The van der Waals surface area contributed by atoms with Crippen LogP contribution in [0.1, 0.15) is 42.6 Å². The SMILES string of the molecule is CC(=O)c1c(O)cccc1C(C)C. The van der Waals surface area contributed by atoms with Crippen LogP contribution in [-0.2, 0) is 0 Å². The minimum atomic E-state index is -0.0817. The molecule has 0 bridgehead atoms. The third-order valence-electron chi connectivity index (χ3n) is 2.05. The van der Waals surface area contributed by atoms with Crippen molar-refractivity contribution in [3.8, 4) is 5.75 Å². The van der Waals surface area contributed by atoms with E-state index in [1.54, 1.807) is 12.1 Å². The van der Waals surface area contributed by atoms with Crippen molar-refractivity contribution >= 4 is 5.78 Å². The maximum atomic E-state index is 11.2. The van der Waals surface area contributed by atoms with Crippen molar-refractivity contribution in [3.63, 3.8) is 0 Å². The topological polar surface area (TPSA) is 37.3 Å². The van der Waals surface area contributed by atoms with Crippen LogP contribution in [0.4, 0.5) is 0 Å². The van der Waals surface area contributed by atoms with Crippen LogP contribution in [0.15, 0.2) is 18.2 Å². The zero-order valence-corrected chi connectivity index (χ0v) is 8.16. The number of Topliss-reactive ketones (excluding diaryl/α,β-unsaturated/α-hetero) is 1. The fraction of sp³-hybridized carbons (Fsp3) is 0.364. The van der Waals surface area contributed by atoms with Crippen LogP contribution in [0.25, 0.3) is 0 Å². The zero-order valence-electron chi connectivity index (χ0n) is 8.16. The first-order chi connectivity index (χ1) is 6.04. The molecule has 0 aliphatic rings. The second-order valence-electron chi connectivity index (χ2n) is 3.45. The number of ketones is 1. The molecule has 0 aliphatic carbocycles. The van der Waals surface area contributed by atoms with E-state index in [-0.39, 0.29) is 17.5 Å². The van der Waals surface area contributed by atoms with E-state index in [2.05, 4.69) is 0 Å². The van der Waals surface area contributed by atoms with E-state index in [4.69, 9.17) is 0 Å². The molecule has 0 radical (unpaired) electrons. The minimum Gasteiger partial charge on any atom is -0.507 e. The third kappa shape index (κ3) is 1.89. The number of benzene rings is 1. The predicted molar refractivity (Wildman–Crippen MR) is 52.2 cm³/mol. The molecule has 70 valence electrons. The van der Waals surface area contributed by atoms with E-state index in [0.29, 0.717) is 5.56 Å². The molecular weight excluding hydrogens is 164 g/mol. The Labute approximate surface area is 78.2 Å². The van der Waals surface area contributed by atoms with E-state index in [1.165, 1.54) is 6.92 Å². The molecule has 0 unspecified atom stereocenters. The van der Waals surface area contributed by atoms with Crippen molar-refractivity contribution < 1.29 is 9.90 Å². The number of hydrogen-bond acceptors (Lipinski definition) is 2. The molecule has 1 rings (SSSR count). The lowest BCUT2D eigenvalue weighted by Gasteiger charge is -2.11. The fourth-order valence-electron chi connectivity index (χ4n) is 1.42. The molecular formula is C11H14O2. The molecule has 0 spiro atoms. The van der Waals surface area contributed by atoms with Gasteiger partial charge in [-0.15, -0.1) is 0 Å². The van der Waals surface area contributed by atoms with Gasteiger partial charge in [-0.1, -0.05) is 26.0 Å². The summed E-state index contributed by atoms with van der Waals surface area (Å²) in [6, 6.07) is 5.18. The number of phenolic OH excluding ortho intramolecular Hbond substituents is 1. The molecule has 0 saturated carbocycles. The Bertz CT molecular complexity index is 327. The summed E-state index contributed by atoms with van der Waals surface area (Å²) >= 11 is 0. The average molecular weight is 178 g/mol. The molecule has 1 aromatic rings. The van der Waals surface area contributed by atoms with Crippen molar-refractivity contribution in [3.05, 3.63) is 29.3 Å². The van der Waals surface area contributed by atoms with Crippen LogP contribution in [0.2, 0.25) is 0 Å². The van der Waals surface area contributed by atoms with Gasteiger partial charge in [0.15, 0.2) is 5.78 Å². The molecule has 0 aromatic heterocycles. The molecule has 1 aromatic carbocycles. The molecule has 0 saturated heterocycles. The van der Waals surface area contributed by atoms with E-state index in [9.17, 15) is 9.90 Å². The second-order valence-corrected chi connectivity index (χ2v) is 3.45. The van der Waals surface area contributed by atoms with Crippen molar-refractivity contribution in [1.82, 2.24) is 0 Å². The Balaban J connectivity index is 3.34. The van der Waals surface area contributed by atoms with Crippen molar-refractivity contribution in [2.24, 2.45) is 0 Å². The van der Waals surface area contributed by atoms with E-state index in [0.717, 1.165) is 5.56 Å². The van der Waals surface area contributed by atoms with Gasteiger partial charge < -0.3 is 5.11 Å². The maximum Gasteiger partial charge on any atom is 0.163 e. The van der Waals surface area contributed by atoms with E-state index >= 15 is 0 Å². The molecule has 0 heterocycles. The third-order valence-corrected chi connectivity index (χ3v) is 2.05. The lowest BCUT2D eigenvalue weighted by atomic mass is 9.94. The second kappa shape index (κ2) is 3.60. The summed E-state index contributed by atoms with van der Waals surface area (Å²) < 4.78 is 0. The van der Waals surface area contributed by atoms with Crippen LogP contribution < -0.4 is 0 Å². The number of hydrogen-bond donors (Lipinski definition) is 1. The number of carbonyl (C=O) groups excluding carboxylic acids is 1. The van der Waals surface area contributed by atoms with Gasteiger partial charge in [0, 0.05) is 0 Å². The average Bonchev–Trinajstić information content (AvgIpc) is 2.02. The van der Waals surface area contributed by atoms with Crippen molar-refractivity contribution in [1.29, 1.82) is 0 Å². The molecule has 0 fully saturated rings. The van der Waals surface area contributed by atoms with Gasteiger partial charge in [0.2, 0.25) is 0 Å². The molecule has 0 aliphatic heterocycles. The smallest absolute Gasteiger partial charge is 0.163 e. The number of phenols is 1. The molecule has 0 atom stereocenters. The summed E-state index contributed by atoms with van der Waals surface area (Å²) in [5.41, 5.74) is 1.37. The van der Waals surface area contributed by atoms with Gasteiger partial charge in [-0.25, -0.2) is 0 Å². The van der Waals surface area contributed by atoms with Gasteiger partial charge in [0.1, 0.15) is 5.75 Å². The van der Waals surface area contributed by atoms with Crippen molar-refractivity contribution in [2.75, 3.05) is 0 Å². The van der Waals surface area contributed by atoms with Gasteiger partial charge in [0.05, 0.1) is 5.56 Å². The quantitative estimate of drug-likeness (QED) is 0.707. The zero-order chi connectivity index (χ0) is 10.0. The minimum absolute atomic E-state index is 0.0817. The van der Waals surface area contributed by atoms with E-state index < -0.39 is 0 Å². The van der Waals surface area contributed by atoms with Crippen LogP contribution in [-0.4, -0.2) is 10.9 Å². The highest BCUT2D eigenvalue weighted by molar-refractivity contribution is 5.98. The normalized spacial score (nSPS) is 10.5. The number of rotatable bonds is 2. The van der Waals surface area contributed by atoms with Crippen molar-refractivity contribution in [2.45, 2.75) is 26.7 Å². The highest BCUT2D eigenvalue weighted by atomic mass is 16.3. The first kappa shape index (κ1) is 9.78. The summed E-state index contributed by atoms with van der Waals surface area (Å²) in [7, 11) is 0. The Morgan fingerprint density at radius 2 is 2.00 bits per heavy atom.